The van der Waals surface area contributed by atoms with Gasteiger partial charge in [0.05, 0.1) is 23.9 Å². The fourth-order valence-electron chi connectivity index (χ4n) is 3.44. The Hall–Kier alpha value is -2.61. The van der Waals surface area contributed by atoms with Gasteiger partial charge < -0.3 is 25.8 Å². The van der Waals surface area contributed by atoms with Crippen molar-refractivity contribution in [2.45, 2.75) is 45.1 Å². The number of hydrogen-bond donors (Lipinski definition) is 4. The average molecular weight is 446 g/mol. The number of para-hydroxylation sites is 1. The second-order valence-electron chi connectivity index (χ2n) is 8.00. The third kappa shape index (κ3) is 6.43. The summed E-state index contributed by atoms with van der Waals surface area (Å²) >= 11 is 6.15. The summed E-state index contributed by atoms with van der Waals surface area (Å²) in [7, 11) is 0. The van der Waals surface area contributed by atoms with Crippen LogP contribution in [0.2, 0.25) is 5.02 Å². The molecule has 2 aromatic rings. The van der Waals surface area contributed by atoms with Gasteiger partial charge in [-0.05, 0) is 49.1 Å². The van der Waals surface area contributed by atoms with E-state index in [2.05, 4.69) is 16.0 Å². The smallest absolute Gasteiger partial charge is 0.254 e. The first-order valence-electron chi connectivity index (χ1n) is 10.4. The monoisotopic (exact) mass is 445 g/mol. The van der Waals surface area contributed by atoms with Gasteiger partial charge in [-0.25, -0.2) is 0 Å². The third-order valence-electron chi connectivity index (χ3n) is 5.00. The molecule has 0 aliphatic carbocycles. The summed E-state index contributed by atoms with van der Waals surface area (Å²) in [4.78, 5) is 26.0. The van der Waals surface area contributed by atoms with Crippen molar-refractivity contribution >= 4 is 34.8 Å². The minimum atomic E-state index is -1.03. The molecule has 4 N–H and O–H groups in total. The molecule has 0 aromatic heterocycles. The van der Waals surface area contributed by atoms with E-state index in [1.165, 1.54) is 0 Å². The fraction of sp³-hybridized carbons (Fsp3) is 0.391. The van der Waals surface area contributed by atoms with Crippen LogP contribution in [0.25, 0.3) is 0 Å². The van der Waals surface area contributed by atoms with Crippen LogP contribution in [0.5, 0.6) is 0 Å². The number of aliphatic hydroxyl groups excluding tert-OH is 1. The van der Waals surface area contributed by atoms with Crippen LogP contribution in [0.3, 0.4) is 0 Å². The number of hydrogen-bond acceptors (Lipinski definition) is 5. The summed E-state index contributed by atoms with van der Waals surface area (Å²) in [6.45, 7) is 4.34. The lowest BCUT2D eigenvalue weighted by molar-refractivity contribution is -0.127. The van der Waals surface area contributed by atoms with Crippen LogP contribution in [-0.4, -0.2) is 41.9 Å². The summed E-state index contributed by atoms with van der Waals surface area (Å²) in [5.41, 5.74) is 1.73. The first kappa shape index (κ1) is 23.1. The normalized spacial score (nSPS) is 19.1. The lowest BCUT2D eigenvalue weighted by Gasteiger charge is -2.24. The van der Waals surface area contributed by atoms with Gasteiger partial charge in [0, 0.05) is 10.7 Å². The second kappa shape index (κ2) is 10.6. The molecule has 1 saturated heterocycles. The number of benzene rings is 2. The van der Waals surface area contributed by atoms with Crippen LogP contribution < -0.4 is 16.0 Å². The highest BCUT2D eigenvalue weighted by Crippen LogP contribution is 2.25. The van der Waals surface area contributed by atoms with Crippen molar-refractivity contribution in [2.24, 2.45) is 5.92 Å². The SMILES string of the molecule is CC(C)CC(NC(=O)c1ccc(Cl)cc1Nc1ccccc1)C(=O)N[C@H]1CCO[C@@H]1O. The van der Waals surface area contributed by atoms with Crippen LogP contribution in [0.15, 0.2) is 48.5 Å². The van der Waals surface area contributed by atoms with Crippen molar-refractivity contribution in [3.63, 3.8) is 0 Å². The summed E-state index contributed by atoms with van der Waals surface area (Å²) in [6, 6.07) is 13.1. The number of ether oxygens (including phenoxy) is 1. The molecule has 1 aliphatic heterocycles. The highest BCUT2D eigenvalue weighted by Gasteiger charge is 2.31. The van der Waals surface area contributed by atoms with Gasteiger partial charge in [0.15, 0.2) is 6.29 Å². The van der Waals surface area contributed by atoms with Gasteiger partial charge in [0.1, 0.15) is 6.04 Å². The maximum absolute atomic E-state index is 13.1. The molecule has 0 bridgehead atoms. The van der Waals surface area contributed by atoms with Crippen LogP contribution in [0.4, 0.5) is 11.4 Å². The van der Waals surface area contributed by atoms with E-state index in [9.17, 15) is 14.7 Å². The molecule has 31 heavy (non-hydrogen) atoms. The van der Waals surface area contributed by atoms with Crippen molar-refractivity contribution in [3.05, 3.63) is 59.1 Å². The topological polar surface area (TPSA) is 99.7 Å². The number of anilines is 2. The number of carbonyl (C=O) groups is 2. The van der Waals surface area contributed by atoms with Gasteiger partial charge in [0.25, 0.3) is 5.91 Å². The molecule has 2 amide bonds. The molecule has 3 atom stereocenters. The third-order valence-corrected chi connectivity index (χ3v) is 5.23. The van der Waals surface area contributed by atoms with Gasteiger partial charge >= 0.3 is 0 Å². The number of nitrogens with one attached hydrogen (secondary N) is 3. The van der Waals surface area contributed by atoms with Crippen LogP contribution in [-0.2, 0) is 9.53 Å². The maximum Gasteiger partial charge on any atom is 0.254 e. The fourth-order valence-corrected chi connectivity index (χ4v) is 3.61. The Bertz CT molecular complexity index is 907. The van der Waals surface area contributed by atoms with E-state index in [1.54, 1.807) is 18.2 Å². The quantitative estimate of drug-likeness (QED) is 0.498. The Labute approximate surface area is 187 Å². The molecule has 0 spiro atoms. The Morgan fingerprint density at radius 2 is 1.94 bits per heavy atom. The molecular formula is C23H28ClN3O4. The highest BCUT2D eigenvalue weighted by atomic mass is 35.5. The molecule has 0 saturated carbocycles. The number of carbonyl (C=O) groups excluding carboxylic acids is 2. The zero-order chi connectivity index (χ0) is 22.4. The predicted molar refractivity (Wildman–Crippen MR) is 120 cm³/mol. The zero-order valence-electron chi connectivity index (χ0n) is 17.6. The van der Waals surface area contributed by atoms with Crippen molar-refractivity contribution in [1.29, 1.82) is 0 Å². The van der Waals surface area contributed by atoms with Gasteiger partial charge in [-0.3, -0.25) is 9.59 Å². The van der Waals surface area contributed by atoms with Crippen LogP contribution in [0.1, 0.15) is 37.0 Å². The summed E-state index contributed by atoms with van der Waals surface area (Å²) in [6.07, 6.45) is -0.0503. The van der Waals surface area contributed by atoms with Gasteiger partial charge in [-0.2, -0.15) is 0 Å². The molecule has 1 heterocycles. The standard InChI is InChI=1S/C23H28ClN3O4/c1-14(2)12-20(22(29)26-18-10-11-31-23(18)30)27-21(28)17-9-8-15(24)13-19(17)25-16-6-4-3-5-7-16/h3-9,13-14,18,20,23,25,30H,10-12H2,1-2H3,(H,26,29)(H,27,28)/t18-,20?,23-/m0/s1. The van der Waals surface area contributed by atoms with Crippen LogP contribution >= 0.6 is 11.6 Å². The largest absolute Gasteiger partial charge is 0.366 e. The molecule has 1 unspecified atom stereocenters. The summed E-state index contributed by atoms with van der Waals surface area (Å²) in [5.74, 6) is -0.560. The predicted octanol–water partition coefficient (Wildman–Crippen LogP) is 3.45. The number of halogens is 1. The van der Waals surface area contributed by atoms with Gasteiger partial charge in [0.2, 0.25) is 5.91 Å². The first-order chi connectivity index (χ1) is 14.8. The van der Waals surface area contributed by atoms with Crippen molar-refractivity contribution in [2.75, 3.05) is 11.9 Å². The van der Waals surface area contributed by atoms with Crippen LogP contribution in [0, 0.1) is 5.92 Å². The number of aliphatic hydroxyl groups is 1. The lowest BCUT2D eigenvalue weighted by atomic mass is 10.0. The first-order valence-corrected chi connectivity index (χ1v) is 10.7. The van der Waals surface area contributed by atoms with E-state index in [-0.39, 0.29) is 17.7 Å². The zero-order valence-corrected chi connectivity index (χ0v) is 18.4. The Morgan fingerprint density at radius 3 is 2.58 bits per heavy atom. The molecular weight excluding hydrogens is 418 g/mol. The number of rotatable bonds is 8. The van der Waals surface area contributed by atoms with Crippen molar-refractivity contribution in [3.8, 4) is 0 Å². The van der Waals surface area contributed by atoms with Crippen molar-refractivity contribution < 1.29 is 19.4 Å². The van der Waals surface area contributed by atoms with Crippen molar-refractivity contribution in [1.82, 2.24) is 10.6 Å². The van der Waals surface area contributed by atoms with E-state index in [1.807, 2.05) is 44.2 Å². The van der Waals surface area contributed by atoms with Gasteiger partial charge in [-0.1, -0.05) is 43.6 Å². The molecule has 3 rings (SSSR count). The van der Waals surface area contributed by atoms with E-state index in [4.69, 9.17) is 16.3 Å². The summed E-state index contributed by atoms with van der Waals surface area (Å²) < 4.78 is 5.09. The Morgan fingerprint density at radius 1 is 1.19 bits per heavy atom. The Kier molecular flexibility index (Phi) is 7.90. The van der Waals surface area contributed by atoms with E-state index in [0.717, 1.165) is 5.69 Å². The maximum atomic E-state index is 13.1. The molecule has 166 valence electrons. The molecule has 7 nitrogen and oxygen atoms in total. The molecule has 0 radical (unpaired) electrons. The van der Waals surface area contributed by atoms with Gasteiger partial charge in [-0.15, -0.1) is 0 Å². The molecule has 2 aromatic carbocycles. The minimum absolute atomic E-state index is 0.174. The summed E-state index contributed by atoms with van der Waals surface area (Å²) in [5, 5.41) is 19.1. The molecule has 1 fully saturated rings. The van der Waals surface area contributed by atoms with E-state index < -0.39 is 18.4 Å². The minimum Gasteiger partial charge on any atom is -0.366 e. The average Bonchev–Trinajstić information content (AvgIpc) is 3.12. The lowest BCUT2D eigenvalue weighted by Crippen LogP contribution is -2.51. The second-order valence-corrected chi connectivity index (χ2v) is 8.44. The Balaban J connectivity index is 1.77. The molecule has 1 aliphatic rings. The molecule has 8 heteroatoms. The highest BCUT2D eigenvalue weighted by molar-refractivity contribution is 6.31. The van der Waals surface area contributed by atoms with E-state index in [0.29, 0.717) is 35.7 Å². The van der Waals surface area contributed by atoms with E-state index >= 15 is 0 Å². The number of amides is 2.